The average molecular weight is 588 g/mol. The lowest BCUT2D eigenvalue weighted by Gasteiger charge is -2.16. The molecule has 0 unspecified atom stereocenters. The first-order valence-electron chi connectivity index (χ1n) is 15.1. The Morgan fingerprint density at radius 2 is 0.864 bits per heavy atom. The molecule has 0 radical (unpaired) electrons. The maximum absolute atomic E-state index is 6.25. The minimum atomic E-state index is 0.354. The Morgan fingerprint density at radius 3 is 1.36 bits per heavy atom. The zero-order chi connectivity index (χ0) is 29.8. The van der Waals surface area contributed by atoms with E-state index in [0.29, 0.717) is 39.5 Å². The number of hydrogen-bond acceptors (Lipinski definition) is 7. The molecule has 6 rings (SSSR count). The van der Waals surface area contributed by atoms with Crippen molar-refractivity contribution in [1.29, 1.82) is 0 Å². The molecule has 5 aromatic rings. The molecule has 1 aliphatic rings. The summed E-state index contributed by atoms with van der Waals surface area (Å²) in [7, 11) is 0. The number of aromatic nitrogens is 1. The van der Waals surface area contributed by atoms with Crippen molar-refractivity contribution >= 4 is 11.4 Å². The van der Waals surface area contributed by atoms with E-state index in [4.69, 9.17) is 23.9 Å². The van der Waals surface area contributed by atoms with Gasteiger partial charge in [0.2, 0.25) is 0 Å². The van der Waals surface area contributed by atoms with Crippen LogP contribution in [0.5, 0.6) is 23.0 Å². The second-order valence-electron chi connectivity index (χ2n) is 10.5. The first kappa shape index (κ1) is 28.9. The molecule has 4 aromatic carbocycles. The largest absolute Gasteiger partial charge is 0.491 e. The average Bonchev–Trinajstić information content (AvgIpc) is 3.07. The van der Waals surface area contributed by atoms with E-state index in [1.165, 1.54) is 0 Å². The summed E-state index contributed by atoms with van der Waals surface area (Å²) in [4.78, 5) is 4.81. The minimum Gasteiger partial charge on any atom is -0.491 e. The number of nitrogens with zero attached hydrogens (tertiary/aromatic N) is 1. The third kappa shape index (κ3) is 7.81. The summed E-state index contributed by atoms with van der Waals surface area (Å²) < 4.78 is 24.9. The van der Waals surface area contributed by atoms with Gasteiger partial charge in [0.05, 0.1) is 36.0 Å². The molecule has 7 nitrogen and oxygen atoms in total. The predicted molar refractivity (Wildman–Crippen MR) is 174 cm³/mol. The van der Waals surface area contributed by atoms with Crippen LogP contribution in [0.3, 0.4) is 0 Å². The fourth-order valence-corrected chi connectivity index (χ4v) is 5.00. The number of rotatable bonds is 0. The van der Waals surface area contributed by atoms with Crippen molar-refractivity contribution < 1.29 is 18.9 Å². The van der Waals surface area contributed by atoms with Crippen LogP contribution in [0.1, 0.15) is 35.4 Å². The third-order valence-electron chi connectivity index (χ3n) is 7.33. The molecule has 224 valence electrons. The Hall–Kier alpha value is -5.17. The van der Waals surface area contributed by atoms with Gasteiger partial charge in [0.25, 0.3) is 0 Å². The van der Waals surface area contributed by atoms with E-state index in [1.54, 1.807) is 0 Å². The summed E-state index contributed by atoms with van der Waals surface area (Å²) in [6.45, 7) is 3.10. The van der Waals surface area contributed by atoms with Crippen LogP contribution < -0.4 is 29.6 Å². The van der Waals surface area contributed by atoms with Gasteiger partial charge in [-0.3, -0.25) is 4.98 Å². The van der Waals surface area contributed by atoms with Crippen molar-refractivity contribution in [2.75, 3.05) is 23.8 Å². The van der Waals surface area contributed by atoms with Gasteiger partial charge in [-0.1, -0.05) is 66.7 Å². The van der Waals surface area contributed by atoms with Crippen LogP contribution in [0.2, 0.25) is 0 Å². The monoisotopic (exact) mass is 587 g/mol. The van der Waals surface area contributed by atoms with E-state index in [9.17, 15) is 0 Å². The number of nitrogens with one attached hydrogen (secondary N) is 2. The van der Waals surface area contributed by atoms with E-state index < -0.39 is 0 Å². The fourth-order valence-electron chi connectivity index (χ4n) is 5.00. The molecule has 0 atom stereocenters. The normalized spacial score (nSPS) is 14.3. The number of ether oxygens (including phenoxy) is 4. The zero-order valence-electron chi connectivity index (χ0n) is 24.7. The third-order valence-corrected chi connectivity index (χ3v) is 7.33. The Morgan fingerprint density at radius 1 is 0.432 bits per heavy atom. The lowest BCUT2D eigenvalue weighted by molar-refractivity contribution is 0.267. The maximum Gasteiger partial charge on any atom is 0.142 e. The molecule has 0 saturated heterocycles. The van der Waals surface area contributed by atoms with Crippen LogP contribution >= 0.6 is 0 Å². The van der Waals surface area contributed by atoms with Crippen LogP contribution in [0.4, 0.5) is 11.4 Å². The zero-order valence-corrected chi connectivity index (χ0v) is 24.7. The summed E-state index contributed by atoms with van der Waals surface area (Å²) >= 11 is 0. The second-order valence-corrected chi connectivity index (χ2v) is 10.5. The molecule has 2 N–H and O–H groups in total. The van der Waals surface area contributed by atoms with Gasteiger partial charge in [-0.25, -0.2) is 0 Å². The Labute approximate surface area is 258 Å². The number of para-hydroxylation sites is 6. The van der Waals surface area contributed by atoms with Gasteiger partial charge in [0.15, 0.2) is 0 Å². The minimum absolute atomic E-state index is 0.354. The highest BCUT2D eigenvalue weighted by molar-refractivity contribution is 5.57. The highest BCUT2D eigenvalue weighted by atomic mass is 16.5. The summed E-state index contributed by atoms with van der Waals surface area (Å²) in [5.74, 6) is 3.29. The lowest BCUT2D eigenvalue weighted by Crippen LogP contribution is -2.07. The number of anilines is 2. The SMILES string of the molecule is c1cc2nc(c1)COc1ccccc1CNc1ccccc1OCCCCOc1ccccc1NCc1ccccc1OC2. The molecule has 0 amide bonds. The van der Waals surface area contributed by atoms with Crippen LogP contribution in [-0.2, 0) is 26.3 Å². The van der Waals surface area contributed by atoms with Gasteiger partial charge in [0.1, 0.15) is 36.2 Å². The Bertz CT molecular complexity index is 1540. The molecule has 1 aliphatic heterocycles. The summed E-state index contributed by atoms with van der Waals surface area (Å²) in [6.07, 6.45) is 1.75. The van der Waals surface area contributed by atoms with Crippen molar-refractivity contribution in [3.8, 4) is 23.0 Å². The van der Waals surface area contributed by atoms with Crippen molar-refractivity contribution in [2.24, 2.45) is 0 Å². The second kappa shape index (κ2) is 14.8. The van der Waals surface area contributed by atoms with Gasteiger partial charge >= 0.3 is 0 Å². The Balaban J connectivity index is 1.22. The van der Waals surface area contributed by atoms with Gasteiger partial charge in [-0.05, 0) is 61.4 Å². The van der Waals surface area contributed by atoms with Crippen molar-refractivity contribution in [1.82, 2.24) is 4.98 Å². The number of pyridine rings is 1. The van der Waals surface area contributed by atoms with E-state index in [0.717, 1.165) is 69.7 Å². The van der Waals surface area contributed by atoms with E-state index in [-0.39, 0.29) is 0 Å². The van der Waals surface area contributed by atoms with Gasteiger partial charge in [-0.2, -0.15) is 0 Å². The van der Waals surface area contributed by atoms with Crippen molar-refractivity contribution in [2.45, 2.75) is 39.1 Å². The standard InChI is InChI=1S/C37H37N3O4/c1-5-18-34-28(12-1)24-38-32-16-3-7-20-36(32)41-22-9-10-23-42-37-21-8-4-17-33(37)39-25-29-13-2-6-19-35(29)44-27-31-15-11-14-30(40-31)26-43-34/h1-8,11-21,38-39H,9-10,22-27H2. The smallest absolute Gasteiger partial charge is 0.142 e. The van der Waals surface area contributed by atoms with Crippen molar-refractivity contribution in [3.05, 3.63) is 138 Å². The van der Waals surface area contributed by atoms with Crippen LogP contribution in [0.25, 0.3) is 0 Å². The molecule has 0 fully saturated rings. The number of hydrogen-bond donors (Lipinski definition) is 2. The first-order chi connectivity index (χ1) is 21.8. The highest BCUT2D eigenvalue weighted by Gasteiger charge is 2.10. The van der Waals surface area contributed by atoms with E-state index >= 15 is 0 Å². The summed E-state index contributed by atoms with van der Waals surface area (Å²) in [5.41, 5.74) is 5.66. The fraction of sp³-hybridized carbons (Fsp3) is 0.216. The summed E-state index contributed by atoms with van der Waals surface area (Å²) in [5, 5.41) is 7.06. The highest BCUT2D eigenvalue weighted by Crippen LogP contribution is 2.28. The lowest BCUT2D eigenvalue weighted by atomic mass is 10.2. The maximum atomic E-state index is 6.25. The van der Waals surface area contributed by atoms with E-state index in [2.05, 4.69) is 22.8 Å². The molecule has 7 heteroatoms. The molecule has 1 aromatic heterocycles. The predicted octanol–water partition coefficient (Wildman–Crippen LogP) is 8.02. The topological polar surface area (TPSA) is 73.9 Å². The quantitative estimate of drug-likeness (QED) is 0.190. The number of benzene rings is 4. The van der Waals surface area contributed by atoms with Gasteiger partial charge in [0, 0.05) is 24.2 Å². The molecule has 0 saturated carbocycles. The molecule has 0 aliphatic carbocycles. The molecule has 2 heterocycles. The van der Waals surface area contributed by atoms with Crippen LogP contribution in [0.15, 0.2) is 115 Å². The first-order valence-corrected chi connectivity index (χ1v) is 15.1. The van der Waals surface area contributed by atoms with Gasteiger partial charge < -0.3 is 29.6 Å². The molecule has 2 bridgehead atoms. The van der Waals surface area contributed by atoms with E-state index in [1.807, 2.05) is 103 Å². The molecule has 0 spiro atoms. The molecular weight excluding hydrogens is 550 g/mol. The van der Waals surface area contributed by atoms with Crippen LogP contribution in [-0.4, -0.2) is 18.2 Å². The Kier molecular flexibility index (Phi) is 9.75. The number of fused-ring (bicyclic) bond motifs is 6. The van der Waals surface area contributed by atoms with Crippen molar-refractivity contribution in [3.63, 3.8) is 0 Å². The summed E-state index contributed by atoms with van der Waals surface area (Å²) in [6, 6.07) is 38.1. The van der Waals surface area contributed by atoms with Gasteiger partial charge in [-0.15, -0.1) is 0 Å². The van der Waals surface area contributed by atoms with Crippen LogP contribution in [0, 0.1) is 0 Å². The molecule has 44 heavy (non-hydrogen) atoms. The molecular formula is C37H37N3O4.